The number of halogens is 2. The quantitative estimate of drug-likeness (QED) is 0.877. The highest BCUT2D eigenvalue weighted by molar-refractivity contribution is 6.35. The lowest BCUT2D eigenvalue weighted by molar-refractivity contribution is 0.0689. The second-order valence-electron chi connectivity index (χ2n) is 6.09. The summed E-state index contributed by atoms with van der Waals surface area (Å²) in [5.74, 6) is -1.04. The number of carbonyl (C=O) groups is 1. The number of benzene rings is 1. The molecule has 0 fully saturated rings. The van der Waals surface area contributed by atoms with Gasteiger partial charge in [0.05, 0.1) is 16.4 Å². The molecule has 0 aliphatic heterocycles. The van der Waals surface area contributed by atoms with Gasteiger partial charge in [-0.05, 0) is 24.6 Å². The highest BCUT2D eigenvalue weighted by Crippen LogP contribution is 2.33. The average Bonchev–Trinajstić information content (AvgIpc) is 2.77. The standard InChI is InChI=1S/C16H18Cl2N2O2/c1-5-10-13(15(21)22)19-20(14(10)16(2,3)4)12-7-6-9(17)8-11(12)18/h6-8H,5H2,1-4H3,(H,21,22). The van der Waals surface area contributed by atoms with Crippen LogP contribution in [0.1, 0.15) is 49.4 Å². The van der Waals surface area contributed by atoms with Crippen molar-refractivity contribution in [2.75, 3.05) is 0 Å². The van der Waals surface area contributed by atoms with Crippen molar-refractivity contribution in [2.24, 2.45) is 0 Å². The van der Waals surface area contributed by atoms with Gasteiger partial charge in [-0.2, -0.15) is 5.10 Å². The van der Waals surface area contributed by atoms with Gasteiger partial charge in [0.25, 0.3) is 0 Å². The molecule has 6 heteroatoms. The molecule has 0 atom stereocenters. The molecule has 118 valence electrons. The minimum atomic E-state index is -1.04. The van der Waals surface area contributed by atoms with E-state index in [2.05, 4.69) is 5.10 Å². The molecule has 1 N–H and O–H groups in total. The molecule has 0 aliphatic carbocycles. The van der Waals surface area contributed by atoms with Crippen molar-refractivity contribution < 1.29 is 9.90 Å². The summed E-state index contributed by atoms with van der Waals surface area (Å²) in [4.78, 5) is 11.5. The molecule has 0 amide bonds. The highest BCUT2D eigenvalue weighted by Gasteiger charge is 2.30. The van der Waals surface area contributed by atoms with Gasteiger partial charge >= 0.3 is 5.97 Å². The van der Waals surface area contributed by atoms with Gasteiger partial charge in [-0.15, -0.1) is 0 Å². The summed E-state index contributed by atoms with van der Waals surface area (Å²) in [6.07, 6.45) is 0.583. The van der Waals surface area contributed by atoms with E-state index in [1.54, 1.807) is 22.9 Å². The van der Waals surface area contributed by atoms with Gasteiger partial charge in [0, 0.05) is 16.0 Å². The van der Waals surface area contributed by atoms with Crippen LogP contribution in [0.3, 0.4) is 0 Å². The van der Waals surface area contributed by atoms with Crippen molar-refractivity contribution in [1.82, 2.24) is 9.78 Å². The monoisotopic (exact) mass is 340 g/mol. The van der Waals surface area contributed by atoms with Crippen LogP contribution in [0.2, 0.25) is 10.0 Å². The number of nitrogens with zero attached hydrogens (tertiary/aromatic N) is 2. The third-order valence-corrected chi connectivity index (χ3v) is 3.93. The summed E-state index contributed by atoms with van der Waals surface area (Å²) in [6, 6.07) is 5.08. The zero-order chi connectivity index (χ0) is 16.7. The SMILES string of the molecule is CCc1c(C(=O)O)nn(-c2ccc(Cl)cc2Cl)c1C(C)(C)C. The number of hydrogen-bond acceptors (Lipinski definition) is 2. The Labute approximate surface area is 139 Å². The van der Waals surface area contributed by atoms with Crippen LogP contribution < -0.4 is 0 Å². The van der Waals surface area contributed by atoms with E-state index in [0.29, 0.717) is 22.2 Å². The third-order valence-electron chi connectivity index (χ3n) is 3.39. The predicted molar refractivity (Wildman–Crippen MR) is 88.6 cm³/mol. The molecule has 0 saturated carbocycles. The van der Waals surface area contributed by atoms with Gasteiger partial charge in [-0.25, -0.2) is 9.48 Å². The van der Waals surface area contributed by atoms with Crippen molar-refractivity contribution >= 4 is 29.2 Å². The Balaban J connectivity index is 2.83. The van der Waals surface area contributed by atoms with Gasteiger partial charge in [0.2, 0.25) is 0 Å². The number of carboxylic acid groups (broad SMARTS) is 1. The van der Waals surface area contributed by atoms with Gasteiger partial charge in [0.15, 0.2) is 5.69 Å². The topological polar surface area (TPSA) is 55.1 Å². The minimum absolute atomic E-state index is 0.0680. The molecule has 2 aromatic rings. The largest absolute Gasteiger partial charge is 0.476 e. The average molecular weight is 341 g/mol. The van der Waals surface area contributed by atoms with Crippen LogP contribution in [-0.2, 0) is 11.8 Å². The zero-order valence-corrected chi connectivity index (χ0v) is 14.5. The highest BCUT2D eigenvalue weighted by atomic mass is 35.5. The molecule has 1 aromatic heterocycles. The molecule has 0 spiro atoms. The van der Waals surface area contributed by atoms with Gasteiger partial charge in [-0.1, -0.05) is 50.9 Å². The first-order valence-electron chi connectivity index (χ1n) is 6.98. The Kier molecular flexibility index (Phi) is 4.54. The second kappa shape index (κ2) is 5.94. The summed E-state index contributed by atoms with van der Waals surface area (Å²) in [7, 11) is 0. The summed E-state index contributed by atoms with van der Waals surface area (Å²) in [6.45, 7) is 7.99. The summed E-state index contributed by atoms with van der Waals surface area (Å²) < 4.78 is 1.63. The van der Waals surface area contributed by atoms with Crippen LogP contribution in [0.4, 0.5) is 0 Å². The Morgan fingerprint density at radius 1 is 1.32 bits per heavy atom. The van der Waals surface area contributed by atoms with Crippen molar-refractivity contribution in [2.45, 2.75) is 39.5 Å². The van der Waals surface area contributed by atoms with Crippen molar-refractivity contribution in [1.29, 1.82) is 0 Å². The number of rotatable bonds is 3. The summed E-state index contributed by atoms with van der Waals surface area (Å²) >= 11 is 12.2. The maximum absolute atomic E-state index is 11.5. The molecule has 0 saturated heterocycles. The summed E-state index contributed by atoms with van der Waals surface area (Å²) in [5, 5.41) is 14.7. The molecule has 0 unspecified atom stereocenters. The van der Waals surface area contributed by atoms with Crippen LogP contribution in [0.15, 0.2) is 18.2 Å². The molecule has 0 radical (unpaired) electrons. The van der Waals surface area contributed by atoms with E-state index in [-0.39, 0.29) is 11.1 Å². The fourth-order valence-electron chi connectivity index (χ4n) is 2.55. The Morgan fingerprint density at radius 2 is 1.95 bits per heavy atom. The van der Waals surface area contributed by atoms with Crippen molar-refractivity contribution in [3.05, 3.63) is 45.2 Å². The number of carboxylic acids is 1. The van der Waals surface area contributed by atoms with Crippen LogP contribution in [0.5, 0.6) is 0 Å². The number of aromatic nitrogens is 2. The van der Waals surface area contributed by atoms with Crippen molar-refractivity contribution in [3.8, 4) is 5.69 Å². The van der Waals surface area contributed by atoms with Gasteiger partial charge in [-0.3, -0.25) is 0 Å². The smallest absolute Gasteiger partial charge is 0.356 e. The van der Waals surface area contributed by atoms with Crippen LogP contribution >= 0.6 is 23.2 Å². The van der Waals surface area contributed by atoms with Gasteiger partial charge in [0.1, 0.15) is 0 Å². The normalized spacial score (nSPS) is 11.7. The van der Waals surface area contributed by atoms with Crippen LogP contribution in [0.25, 0.3) is 5.69 Å². The fourth-order valence-corrected chi connectivity index (χ4v) is 3.04. The predicted octanol–water partition coefficient (Wildman–Crippen LogP) is 4.74. The lowest BCUT2D eigenvalue weighted by Crippen LogP contribution is -2.19. The van der Waals surface area contributed by atoms with E-state index in [1.165, 1.54) is 0 Å². The molecule has 4 nitrogen and oxygen atoms in total. The fraction of sp³-hybridized carbons (Fsp3) is 0.375. The van der Waals surface area contributed by atoms with Gasteiger partial charge < -0.3 is 5.11 Å². The van der Waals surface area contributed by atoms with E-state index in [1.807, 2.05) is 27.7 Å². The van der Waals surface area contributed by atoms with E-state index in [9.17, 15) is 9.90 Å². The minimum Gasteiger partial charge on any atom is -0.476 e. The zero-order valence-electron chi connectivity index (χ0n) is 12.9. The Morgan fingerprint density at radius 3 is 2.41 bits per heavy atom. The lowest BCUT2D eigenvalue weighted by atomic mass is 9.87. The molecule has 0 bridgehead atoms. The lowest BCUT2D eigenvalue weighted by Gasteiger charge is -2.22. The van der Waals surface area contributed by atoms with E-state index >= 15 is 0 Å². The first kappa shape index (κ1) is 16.8. The Hall–Kier alpha value is -1.52. The maximum Gasteiger partial charge on any atom is 0.356 e. The first-order valence-corrected chi connectivity index (χ1v) is 7.73. The Bertz CT molecular complexity index is 730. The van der Waals surface area contributed by atoms with Crippen LogP contribution in [-0.4, -0.2) is 20.9 Å². The van der Waals surface area contributed by atoms with E-state index in [0.717, 1.165) is 11.3 Å². The maximum atomic E-state index is 11.5. The second-order valence-corrected chi connectivity index (χ2v) is 6.94. The molecule has 1 aromatic carbocycles. The first-order chi connectivity index (χ1) is 10.2. The summed E-state index contributed by atoms with van der Waals surface area (Å²) in [5.41, 5.74) is 1.98. The number of aromatic carboxylic acids is 1. The number of hydrogen-bond donors (Lipinski definition) is 1. The molecular weight excluding hydrogens is 323 g/mol. The molecule has 22 heavy (non-hydrogen) atoms. The third kappa shape index (κ3) is 2.99. The van der Waals surface area contributed by atoms with E-state index < -0.39 is 5.97 Å². The molecule has 0 aliphatic rings. The molecular formula is C16H18Cl2N2O2. The van der Waals surface area contributed by atoms with E-state index in [4.69, 9.17) is 23.2 Å². The molecule has 2 rings (SSSR count). The molecule has 1 heterocycles. The van der Waals surface area contributed by atoms with Crippen molar-refractivity contribution in [3.63, 3.8) is 0 Å². The van der Waals surface area contributed by atoms with Crippen LogP contribution in [0, 0.1) is 0 Å².